The van der Waals surface area contributed by atoms with Crippen LogP contribution in [0.3, 0.4) is 0 Å². The van der Waals surface area contributed by atoms with Crippen molar-refractivity contribution in [3.8, 4) is 0 Å². The average molecular weight is 210 g/mol. The molecule has 0 aromatic carbocycles. The third-order valence-corrected chi connectivity index (χ3v) is 1.75. The lowest BCUT2D eigenvalue weighted by Crippen LogP contribution is -2.42. The average Bonchev–Trinajstić information content (AvgIpc) is 2.68. The molecule has 15 heavy (non-hydrogen) atoms. The van der Waals surface area contributed by atoms with Crippen molar-refractivity contribution in [3.05, 3.63) is 12.7 Å². The Balaban J connectivity index is 2.23. The molecule has 1 rings (SSSR count). The molecule has 0 atom stereocenters. The molecular formula is C9H18N6. The van der Waals surface area contributed by atoms with Crippen LogP contribution >= 0.6 is 0 Å². The van der Waals surface area contributed by atoms with E-state index in [-0.39, 0.29) is 0 Å². The fraction of sp³-hybridized carbons (Fsp3) is 0.667. The van der Waals surface area contributed by atoms with E-state index >= 15 is 0 Å². The highest BCUT2D eigenvalue weighted by Gasteiger charge is 1.98. The lowest BCUT2D eigenvalue weighted by atomic mass is 10.4. The van der Waals surface area contributed by atoms with E-state index in [2.05, 4.69) is 39.6 Å². The summed E-state index contributed by atoms with van der Waals surface area (Å²) in [4.78, 5) is 7.96. The summed E-state index contributed by atoms with van der Waals surface area (Å²) in [6.45, 7) is 5.70. The van der Waals surface area contributed by atoms with E-state index in [1.54, 1.807) is 18.1 Å². The molecule has 0 aliphatic rings. The molecule has 0 spiro atoms. The first-order valence-corrected chi connectivity index (χ1v) is 5.02. The highest BCUT2D eigenvalue weighted by molar-refractivity contribution is 5.79. The van der Waals surface area contributed by atoms with Crippen LogP contribution in [0.25, 0.3) is 0 Å². The van der Waals surface area contributed by atoms with E-state index in [0.29, 0.717) is 6.04 Å². The molecular weight excluding hydrogens is 192 g/mol. The summed E-state index contributed by atoms with van der Waals surface area (Å²) < 4.78 is 1.77. The Morgan fingerprint density at radius 3 is 2.87 bits per heavy atom. The van der Waals surface area contributed by atoms with Crippen LogP contribution in [0.4, 0.5) is 0 Å². The van der Waals surface area contributed by atoms with Gasteiger partial charge in [0.2, 0.25) is 0 Å². The van der Waals surface area contributed by atoms with E-state index in [1.807, 2.05) is 0 Å². The van der Waals surface area contributed by atoms with Gasteiger partial charge in [-0.15, -0.1) is 0 Å². The van der Waals surface area contributed by atoms with Crippen LogP contribution in [0.1, 0.15) is 13.8 Å². The van der Waals surface area contributed by atoms with E-state index in [9.17, 15) is 0 Å². The maximum Gasteiger partial charge on any atom is 0.191 e. The summed E-state index contributed by atoms with van der Waals surface area (Å²) in [6.07, 6.45) is 3.22. The Kier molecular flexibility index (Phi) is 4.59. The summed E-state index contributed by atoms with van der Waals surface area (Å²) >= 11 is 0. The highest BCUT2D eigenvalue weighted by Crippen LogP contribution is 1.80. The molecule has 1 aromatic rings. The third kappa shape index (κ3) is 4.44. The molecule has 0 aliphatic heterocycles. The predicted molar refractivity (Wildman–Crippen MR) is 59.7 cm³/mol. The van der Waals surface area contributed by atoms with Crippen molar-refractivity contribution in [2.75, 3.05) is 13.6 Å². The molecule has 1 aromatic heterocycles. The van der Waals surface area contributed by atoms with Gasteiger partial charge in [-0.05, 0) is 13.8 Å². The van der Waals surface area contributed by atoms with Gasteiger partial charge < -0.3 is 10.6 Å². The monoisotopic (exact) mass is 210 g/mol. The number of nitrogens with one attached hydrogen (secondary N) is 2. The first-order chi connectivity index (χ1) is 7.22. The number of rotatable bonds is 4. The lowest BCUT2D eigenvalue weighted by molar-refractivity contribution is 0.591. The predicted octanol–water partition coefficient (Wildman–Crippen LogP) is -0.149. The van der Waals surface area contributed by atoms with Crippen molar-refractivity contribution in [2.45, 2.75) is 26.4 Å². The van der Waals surface area contributed by atoms with Crippen LogP contribution in [0.5, 0.6) is 0 Å². The van der Waals surface area contributed by atoms with Gasteiger partial charge in [0.25, 0.3) is 0 Å². The zero-order chi connectivity index (χ0) is 11.1. The zero-order valence-corrected chi connectivity index (χ0v) is 9.44. The fourth-order valence-corrected chi connectivity index (χ4v) is 1.11. The van der Waals surface area contributed by atoms with Gasteiger partial charge in [-0.3, -0.25) is 9.67 Å². The second-order valence-corrected chi connectivity index (χ2v) is 3.46. The van der Waals surface area contributed by atoms with Crippen molar-refractivity contribution < 1.29 is 0 Å². The molecule has 0 amide bonds. The second-order valence-electron chi connectivity index (χ2n) is 3.46. The molecule has 6 heteroatoms. The summed E-state index contributed by atoms with van der Waals surface area (Å²) in [6, 6.07) is 0.377. The Morgan fingerprint density at radius 2 is 2.33 bits per heavy atom. The molecule has 0 saturated heterocycles. The van der Waals surface area contributed by atoms with Gasteiger partial charge in [0.05, 0.1) is 6.54 Å². The minimum Gasteiger partial charge on any atom is -0.355 e. The Morgan fingerprint density at radius 1 is 1.53 bits per heavy atom. The molecule has 84 valence electrons. The van der Waals surface area contributed by atoms with Crippen molar-refractivity contribution in [2.24, 2.45) is 4.99 Å². The Bertz CT molecular complexity index is 290. The largest absolute Gasteiger partial charge is 0.355 e. The molecule has 0 unspecified atom stereocenters. The van der Waals surface area contributed by atoms with E-state index in [0.717, 1.165) is 19.0 Å². The van der Waals surface area contributed by atoms with E-state index in [1.165, 1.54) is 6.33 Å². The van der Waals surface area contributed by atoms with Crippen LogP contribution in [0.2, 0.25) is 0 Å². The van der Waals surface area contributed by atoms with Gasteiger partial charge in [-0.25, -0.2) is 4.98 Å². The Hall–Kier alpha value is -1.59. The first kappa shape index (κ1) is 11.5. The summed E-state index contributed by atoms with van der Waals surface area (Å²) in [5.41, 5.74) is 0. The van der Waals surface area contributed by atoms with Crippen LogP contribution in [-0.4, -0.2) is 40.4 Å². The van der Waals surface area contributed by atoms with E-state index < -0.39 is 0 Å². The molecule has 0 bridgehead atoms. The van der Waals surface area contributed by atoms with Crippen LogP contribution in [0.15, 0.2) is 17.6 Å². The smallest absolute Gasteiger partial charge is 0.191 e. The van der Waals surface area contributed by atoms with Crippen LogP contribution < -0.4 is 10.6 Å². The standard InChI is InChI=1S/C9H18N6/c1-8(2)14-9(10-3)12-4-5-15-7-11-6-13-15/h6-8H,4-5H2,1-3H3,(H2,10,12,14). The van der Waals surface area contributed by atoms with E-state index in [4.69, 9.17) is 0 Å². The molecule has 0 radical (unpaired) electrons. The molecule has 6 nitrogen and oxygen atoms in total. The minimum absolute atomic E-state index is 0.377. The summed E-state index contributed by atoms with van der Waals surface area (Å²) in [7, 11) is 1.76. The first-order valence-electron chi connectivity index (χ1n) is 5.02. The number of aromatic nitrogens is 3. The number of guanidine groups is 1. The van der Waals surface area contributed by atoms with Crippen molar-refractivity contribution >= 4 is 5.96 Å². The molecule has 2 N–H and O–H groups in total. The lowest BCUT2D eigenvalue weighted by Gasteiger charge is -2.14. The molecule has 1 heterocycles. The van der Waals surface area contributed by atoms with Crippen LogP contribution in [-0.2, 0) is 6.54 Å². The topological polar surface area (TPSA) is 67.1 Å². The van der Waals surface area contributed by atoms with Gasteiger partial charge in [0.15, 0.2) is 5.96 Å². The summed E-state index contributed by atoms with van der Waals surface area (Å²) in [5.74, 6) is 0.810. The normalized spacial score (nSPS) is 11.9. The maximum atomic E-state index is 4.10. The zero-order valence-electron chi connectivity index (χ0n) is 9.44. The maximum absolute atomic E-state index is 4.10. The number of nitrogens with zero attached hydrogens (tertiary/aromatic N) is 4. The molecule has 0 fully saturated rings. The van der Waals surface area contributed by atoms with Crippen molar-refractivity contribution in [3.63, 3.8) is 0 Å². The number of hydrogen-bond acceptors (Lipinski definition) is 3. The Labute approximate surface area is 89.8 Å². The third-order valence-electron chi connectivity index (χ3n) is 1.75. The number of aliphatic imine (C=N–C) groups is 1. The highest BCUT2D eigenvalue weighted by atomic mass is 15.3. The quantitative estimate of drug-likeness (QED) is 0.536. The van der Waals surface area contributed by atoms with Gasteiger partial charge in [0, 0.05) is 19.6 Å². The van der Waals surface area contributed by atoms with Crippen LogP contribution in [0, 0.1) is 0 Å². The second kappa shape index (κ2) is 6.00. The number of hydrogen-bond donors (Lipinski definition) is 2. The molecule has 0 aliphatic carbocycles. The van der Waals surface area contributed by atoms with Gasteiger partial charge in [-0.2, -0.15) is 5.10 Å². The SMILES string of the molecule is CN=C(NCCn1cncn1)NC(C)C. The van der Waals surface area contributed by atoms with Gasteiger partial charge in [-0.1, -0.05) is 0 Å². The van der Waals surface area contributed by atoms with Gasteiger partial charge >= 0.3 is 0 Å². The van der Waals surface area contributed by atoms with Crippen molar-refractivity contribution in [1.82, 2.24) is 25.4 Å². The molecule has 0 saturated carbocycles. The van der Waals surface area contributed by atoms with Crippen molar-refractivity contribution in [1.29, 1.82) is 0 Å². The summed E-state index contributed by atoms with van der Waals surface area (Å²) in [5, 5.41) is 10.4. The fourth-order valence-electron chi connectivity index (χ4n) is 1.11. The van der Waals surface area contributed by atoms with Gasteiger partial charge in [0.1, 0.15) is 12.7 Å². The minimum atomic E-state index is 0.377.